The molecule has 0 amide bonds. The number of hydrogen-bond acceptors (Lipinski definition) is 1. The summed E-state index contributed by atoms with van der Waals surface area (Å²) < 4.78 is 9.93. The standard InChI is InChI=1S/C13H25N2O/c1-6-8-16-9-7-15-11-14(5)10-12(15)13(2,3)4/h10-11H,6-9H2,1-5H3/q+1. The van der Waals surface area contributed by atoms with Gasteiger partial charge in [-0.2, -0.15) is 0 Å². The van der Waals surface area contributed by atoms with Gasteiger partial charge < -0.3 is 4.74 Å². The molecule has 1 heterocycles. The first kappa shape index (κ1) is 13.2. The lowest BCUT2D eigenvalue weighted by molar-refractivity contribution is -0.671. The molecule has 0 unspecified atom stereocenters. The Labute approximate surface area is 99.0 Å². The van der Waals surface area contributed by atoms with Crippen molar-refractivity contribution in [3.8, 4) is 0 Å². The molecule has 0 aliphatic carbocycles. The first-order chi connectivity index (χ1) is 7.45. The van der Waals surface area contributed by atoms with Crippen molar-refractivity contribution in [1.82, 2.24) is 4.57 Å². The summed E-state index contributed by atoms with van der Waals surface area (Å²) in [5, 5.41) is 0. The molecule has 0 radical (unpaired) electrons. The van der Waals surface area contributed by atoms with E-state index in [9.17, 15) is 0 Å². The van der Waals surface area contributed by atoms with Gasteiger partial charge in [0.2, 0.25) is 6.33 Å². The Morgan fingerprint density at radius 2 is 2.00 bits per heavy atom. The molecule has 0 saturated heterocycles. The molecule has 0 aliphatic rings. The van der Waals surface area contributed by atoms with E-state index < -0.39 is 0 Å². The molecule has 92 valence electrons. The van der Waals surface area contributed by atoms with E-state index in [-0.39, 0.29) is 5.41 Å². The van der Waals surface area contributed by atoms with E-state index in [1.165, 1.54) is 5.69 Å². The lowest BCUT2D eigenvalue weighted by Crippen LogP contribution is -2.24. The average molecular weight is 225 g/mol. The normalized spacial score (nSPS) is 12.1. The Morgan fingerprint density at radius 1 is 1.31 bits per heavy atom. The summed E-state index contributed by atoms with van der Waals surface area (Å²) in [6.07, 6.45) is 5.42. The molecule has 1 aromatic rings. The second-order valence-electron chi connectivity index (χ2n) is 5.35. The van der Waals surface area contributed by atoms with Crippen molar-refractivity contribution in [1.29, 1.82) is 0 Å². The Morgan fingerprint density at radius 3 is 2.56 bits per heavy atom. The first-order valence-corrected chi connectivity index (χ1v) is 6.08. The van der Waals surface area contributed by atoms with Crippen molar-refractivity contribution in [3.63, 3.8) is 0 Å². The minimum absolute atomic E-state index is 0.187. The van der Waals surface area contributed by atoms with E-state index in [1.807, 2.05) is 0 Å². The summed E-state index contributed by atoms with van der Waals surface area (Å²) in [5.41, 5.74) is 1.54. The van der Waals surface area contributed by atoms with Gasteiger partial charge in [-0.1, -0.05) is 27.7 Å². The molecule has 3 nitrogen and oxygen atoms in total. The summed E-state index contributed by atoms with van der Waals surface area (Å²) >= 11 is 0. The van der Waals surface area contributed by atoms with Crippen LogP contribution in [0.25, 0.3) is 0 Å². The van der Waals surface area contributed by atoms with Crippen LogP contribution in [0.1, 0.15) is 39.8 Å². The lowest BCUT2D eigenvalue weighted by Gasteiger charge is -2.15. The molecule has 0 saturated carbocycles. The van der Waals surface area contributed by atoms with Gasteiger partial charge in [0.25, 0.3) is 0 Å². The fourth-order valence-electron chi connectivity index (χ4n) is 1.79. The fourth-order valence-corrected chi connectivity index (χ4v) is 1.79. The monoisotopic (exact) mass is 225 g/mol. The number of ether oxygens (including phenoxy) is 1. The smallest absolute Gasteiger partial charge is 0.243 e. The van der Waals surface area contributed by atoms with Crippen molar-refractivity contribution in [2.45, 2.75) is 46.1 Å². The van der Waals surface area contributed by atoms with Crippen LogP contribution in [0.3, 0.4) is 0 Å². The SMILES string of the molecule is CCCOCCn1c[n+](C)cc1C(C)(C)C. The van der Waals surface area contributed by atoms with Gasteiger partial charge >= 0.3 is 0 Å². The van der Waals surface area contributed by atoms with Crippen molar-refractivity contribution in [2.24, 2.45) is 7.05 Å². The summed E-state index contributed by atoms with van der Waals surface area (Å²) in [4.78, 5) is 0. The number of hydrogen-bond donors (Lipinski definition) is 0. The maximum atomic E-state index is 5.53. The summed E-state index contributed by atoms with van der Waals surface area (Å²) in [5.74, 6) is 0. The molecule has 0 N–H and O–H groups in total. The highest BCUT2D eigenvalue weighted by atomic mass is 16.5. The zero-order chi connectivity index (χ0) is 12.2. The highest BCUT2D eigenvalue weighted by Gasteiger charge is 2.24. The molecule has 0 bridgehead atoms. The molecule has 1 aromatic heterocycles. The molecule has 16 heavy (non-hydrogen) atoms. The fraction of sp³-hybridized carbons (Fsp3) is 0.769. The van der Waals surface area contributed by atoms with Gasteiger partial charge in [-0.25, -0.2) is 9.13 Å². The predicted molar refractivity (Wildman–Crippen MR) is 65.4 cm³/mol. The van der Waals surface area contributed by atoms with Gasteiger partial charge in [0.1, 0.15) is 18.4 Å². The Kier molecular flexibility index (Phi) is 4.54. The number of aryl methyl sites for hydroxylation is 1. The maximum Gasteiger partial charge on any atom is 0.243 e. The zero-order valence-electron chi connectivity index (χ0n) is 11.3. The first-order valence-electron chi connectivity index (χ1n) is 6.08. The Hall–Kier alpha value is -0.830. The third kappa shape index (κ3) is 3.63. The van der Waals surface area contributed by atoms with Gasteiger partial charge in [0, 0.05) is 12.0 Å². The lowest BCUT2D eigenvalue weighted by atomic mass is 9.92. The number of aromatic nitrogens is 2. The van der Waals surface area contributed by atoms with Crippen LogP contribution >= 0.6 is 0 Å². The molecule has 0 spiro atoms. The second kappa shape index (κ2) is 5.48. The predicted octanol–water partition coefficient (Wildman–Crippen LogP) is 2.04. The molecular weight excluding hydrogens is 200 g/mol. The highest BCUT2D eigenvalue weighted by molar-refractivity contribution is 5.07. The summed E-state index contributed by atoms with van der Waals surface area (Å²) in [7, 11) is 2.07. The topological polar surface area (TPSA) is 18.0 Å². The second-order valence-corrected chi connectivity index (χ2v) is 5.35. The van der Waals surface area contributed by atoms with Crippen LogP contribution in [-0.4, -0.2) is 17.8 Å². The van der Waals surface area contributed by atoms with E-state index >= 15 is 0 Å². The number of rotatable bonds is 5. The number of imidazole rings is 1. The van der Waals surface area contributed by atoms with Crippen molar-refractivity contribution >= 4 is 0 Å². The van der Waals surface area contributed by atoms with E-state index in [4.69, 9.17) is 4.74 Å². The minimum Gasteiger partial charge on any atom is -0.377 e. The van der Waals surface area contributed by atoms with E-state index in [2.05, 4.69) is 56.4 Å². The van der Waals surface area contributed by atoms with E-state index in [1.54, 1.807) is 0 Å². The van der Waals surface area contributed by atoms with Crippen molar-refractivity contribution in [3.05, 3.63) is 18.2 Å². The molecule has 3 heteroatoms. The van der Waals surface area contributed by atoms with Gasteiger partial charge in [0.05, 0.1) is 13.7 Å². The average Bonchev–Trinajstić information content (AvgIpc) is 2.54. The molecule has 0 aliphatic heterocycles. The van der Waals surface area contributed by atoms with Crippen LogP contribution < -0.4 is 4.57 Å². The number of nitrogens with zero attached hydrogens (tertiary/aromatic N) is 2. The van der Waals surface area contributed by atoms with Crippen LogP contribution in [0.4, 0.5) is 0 Å². The van der Waals surface area contributed by atoms with Crippen molar-refractivity contribution < 1.29 is 9.30 Å². The third-order valence-corrected chi connectivity index (χ3v) is 2.55. The Balaban J connectivity index is 2.65. The van der Waals surface area contributed by atoms with Crippen LogP contribution in [0, 0.1) is 0 Å². The van der Waals surface area contributed by atoms with Crippen molar-refractivity contribution in [2.75, 3.05) is 13.2 Å². The maximum absolute atomic E-state index is 5.53. The summed E-state index contributed by atoms with van der Waals surface area (Å²) in [6.45, 7) is 11.5. The van der Waals surface area contributed by atoms with Gasteiger partial charge in [0.15, 0.2) is 0 Å². The molecular formula is C13H25N2O+. The quantitative estimate of drug-likeness (QED) is 0.554. The highest BCUT2D eigenvalue weighted by Crippen LogP contribution is 2.20. The minimum atomic E-state index is 0.187. The molecule has 1 rings (SSSR count). The van der Waals surface area contributed by atoms with Gasteiger partial charge in [-0.15, -0.1) is 0 Å². The third-order valence-electron chi connectivity index (χ3n) is 2.55. The van der Waals surface area contributed by atoms with Crippen LogP contribution in [0.2, 0.25) is 0 Å². The molecule has 0 atom stereocenters. The van der Waals surface area contributed by atoms with E-state index in [0.717, 1.165) is 26.2 Å². The van der Waals surface area contributed by atoms with E-state index in [0.29, 0.717) is 0 Å². The van der Waals surface area contributed by atoms with Gasteiger partial charge in [-0.3, -0.25) is 0 Å². The van der Waals surface area contributed by atoms with Crippen LogP contribution in [-0.2, 0) is 23.7 Å². The Bertz CT molecular complexity index is 323. The zero-order valence-corrected chi connectivity index (χ0v) is 11.3. The van der Waals surface area contributed by atoms with Gasteiger partial charge in [-0.05, 0) is 6.42 Å². The molecule has 0 fully saturated rings. The summed E-state index contributed by atoms with van der Waals surface area (Å²) in [6, 6.07) is 0. The van der Waals surface area contributed by atoms with Crippen LogP contribution in [0.15, 0.2) is 12.5 Å². The largest absolute Gasteiger partial charge is 0.377 e. The molecule has 0 aromatic carbocycles. The van der Waals surface area contributed by atoms with Crippen LogP contribution in [0.5, 0.6) is 0 Å².